The van der Waals surface area contributed by atoms with Crippen molar-refractivity contribution in [3.05, 3.63) is 34.3 Å². The second kappa shape index (κ2) is 6.14. The number of unbranched alkanes of at least 4 members (excludes halogenated alkanes) is 2. The molecule has 1 N–H and O–H groups in total. The summed E-state index contributed by atoms with van der Waals surface area (Å²) in [7, 11) is 0. The number of benzene rings is 1. The molecule has 1 aromatic carbocycles. The number of hydrogen-bond acceptors (Lipinski definition) is 1. The van der Waals surface area contributed by atoms with Gasteiger partial charge in [0.1, 0.15) is 0 Å². The van der Waals surface area contributed by atoms with E-state index in [9.17, 15) is 5.11 Å². The molecule has 0 aliphatic heterocycles. The lowest BCUT2D eigenvalue weighted by atomic mass is 10.0. The van der Waals surface area contributed by atoms with E-state index < -0.39 is 0 Å². The highest BCUT2D eigenvalue weighted by Gasteiger charge is 2.08. The molecule has 0 aromatic heterocycles. The van der Waals surface area contributed by atoms with Gasteiger partial charge in [0.15, 0.2) is 0 Å². The molecule has 0 aliphatic rings. The van der Waals surface area contributed by atoms with Crippen LogP contribution in [0.3, 0.4) is 0 Å². The van der Waals surface area contributed by atoms with Crippen LogP contribution in [0.5, 0.6) is 0 Å². The summed E-state index contributed by atoms with van der Waals surface area (Å²) in [6, 6.07) is 5.76. The highest BCUT2D eigenvalue weighted by atomic mass is 35.5. The molecule has 0 amide bonds. The van der Waals surface area contributed by atoms with Crippen molar-refractivity contribution in [2.75, 3.05) is 0 Å². The summed E-state index contributed by atoms with van der Waals surface area (Å²) < 4.78 is 0. The van der Waals surface area contributed by atoms with Crippen LogP contribution in [0.1, 0.15) is 49.8 Å². The second-order valence-electron chi connectivity index (χ2n) is 4.07. The zero-order chi connectivity index (χ0) is 11.3. The van der Waals surface area contributed by atoms with Crippen molar-refractivity contribution in [1.29, 1.82) is 0 Å². The molecule has 0 fully saturated rings. The normalized spacial score (nSPS) is 12.8. The van der Waals surface area contributed by atoms with Crippen LogP contribution < -0.4 is 0 Å². The molecule has 0 radical (unpaired) electrons. The molecule has 1 aromatic rings. The van der Waals surface area contributed by atoms with Gasteiger partial charge >= 0.3 is 0 Å². The van der Waals surface area contributed by atoms with E-state index in [-0.39, 0.29) is 6.10 Å². The summed E-state index contributed by atoms with van der Waals surface area (Å²) in [5.41, 5.74) is 2.04. The zero-order valence-electron chi connectivity index (χ0n) is 9.46. The summed E-state index contributed by atoms with van der Waals surface area (Å²) in [5, 5.41) is 10.6. The zero-order valence-corrected chi connectivity index (χ0v) is 10.2. The van der Waals surface area contributed by atoms with Crippen LogP contribution in [0, 0.1) is 6.92 Å². The second-order valence-corrected chi connectivity index (χ2v) is 4.51. The maximum absolute atomic E-state index is 9.94. The fourth-order valence-electron chi connectivity index (χ4n) is 1.71. The van der Waals surface area contributed by atoms with Gasteiger partial charge in [-0.15, -0.1) is 0 Å². The summed E-state index contributed by atoms with van der Waals surface area (Å²) in [6.45, 7) is 4.16. The van der Waals surface area contributed by atoms with Crippen LogP contribution in [0.25, 0.3) is 0 Å². The Morgan fingerprint density at radius 3 is 2.60 bits per heavy atom. The lowest BCUT2D eigenvalue weighted by Crippen LogP contribution is -1.98. The van der Waals surface area contributed by atoms with Crippen LogP contribution in [0.2, 0.25) is 5.02 Å². The molecule has 15 heavy (non-hydrogen) atoms. The van der Waals surface area contributed by atoms with E-state index in [2.05, 4.69) is 6.92 Å². The standard InChI is InChI=1S/C13H19ClO/c1-3-4-5-6-13(15)11-7-10(2)8-12(14)9-11/h7-9,13,15H,3-6H2,1-2H3. The maximum Gasteiger partial charge on any atom is 0.0790 e. The van der Waals surface area contributed by atoms with Crippen molar-refractivity contribution in [2.24, 2.45) is 0 Å². The monoisotopic (exact) mass is 226 g/mol. The Bertz CT molecular complexity index is 289. The number of hydrogen-bond donors (Lipinski definition) is 1. The highest BCUT2D eigenvalue weighted by Crippen LogP contribution is 2.24. The predicted molar refractivity (Wildman–Crippen MR) is 65.3 cm³/mol. The molecule has 0 spiro atoms. The topological polar surface area (TPSA) is 20.2 Å². The number of rotatable bonds is 5. The number of aliphatic hydroxyl groups excluding tert-OH is 1. The van der Waals surface area contributed by atoms with Crippen molar-refractivity contribution in [3.8, 4) is 0 Å². The molecule has 1 unspecified atom stereocenters. The maximum atomic E-state index is 9.94. The summed E-state index contributed by atoms with van der Waals surface area (Å²) in [4.78, 5) is 0. The van der Waals surface area contributed by atoms with Gasteiger partial charge in [0.2, 0.25) is 0 Å². The van der Waals surface area contributed by atoms with Gasteiger partial charge in [0, 0.05) is 5.02 Å². The average Bonchev–Trinajstić information content (AvgIpc) is 2.16. The van der Waals surface area contributed by atoms with Gasteiger partial charge in [-0.25, -0.2) is 0 Å². The van der Waals surface area contributed by atoms with Gasteiger partial charge in [-0.05, 0) is 36.6 Å². The van der Waals surface area contributed by atoms with Crippen LogP contribution in [0.15, 0.2) is 18.2 Å². The van der Waals surface area contributed by atoms with E-state index in [4.69, 9.17) is 11.6 Å². The molecule has 1 nitrogen and oxygen atoms in total. The third kappa shape index (κ3) is 4.23. The first-order valence-electron chi connectivity index (χ1n) is 5.58. The van der Waals surface area contributed by atoms with E-state index in [1.54, 1.807) is 0 Å². The molecule has 0 aliphatic carbocycles. The van der Waals surface area contributed by atoms with Crippen LogP contribution in [-0.4, -0.2) is 5.11 Å². The molecule has 0 heterocycles. The number of aliphatic hydroxyl groups is 1. The molecular weight excluding hydrogens is 208 g/mol. The highest BCUT2D eigenvalue weighted by molar-refractivity contribution is 6.30. The SMILES string of the molecule is CCCCCC(O)c1cc(C)cc(Cl)c1. The first-order chi connectivity index (χ1) is 7.13. The molecule has 0 saturated carbocycles. The predicted octanol–water partition coefficient (Wildman–Crippen LogP) is 4.26. The van der Waals surface area contributed by atoms with Gasteiger partial charge in [-0.2, -0.15) is 0 Å². The summed E-state index contributed by atoms with van der Waals surface area (Å²) in [5.74, 6) is 0. The van der Waals surface area contributed by atoms with Crippen LogP contribution in [-0.2, 0) is 0 Å². The molecule has 1 rings (SSSR count). The van der Waals surface area contributed by atoms with Crippen LogP contribution in [0.4, 0.5) is 0 Å². The van der Waals surface area contributed by atoms with Gasteiger partial charge < -0.3 is 5.11 Å². The molecular formula is C13H19ClO. The Hall–Kier alpha value is -0.530. The largest absolute Gasteiger partial charge is 0.388 e. The molecule has 1 atom stereocenters. The fraction of sp³-hybridized carbons (Fsp3) is 0.538. The Balaban J connectivity index is 2.60. The van der Waals surface area contributed by atoms with E-state index in [1.807, 2.05) is 25.1 Å². The first-order valence-corrected chi connectivity index (χ1v) is 5.96. The van der Waals surface area contributed by atoms with Crippen molar-refractivity contribution in [1.82, 2.24) is 0 Å². The van der Waals surface area contributed by atoms with E-state index in [1.165, 1.54) is 12.8 Å². The molecule has 0 bridgehead atoms. The van der Waals surface area contributed by atoms with Gasteiger partial charge in [-0.1, -0.05) is 43.9 Å². The van der Waals surface area contributed by atoms with Crippen molar-refractivity contribution in [3.63, 3.8) is 0 Å². The van der Waals surface area contributed by atoms with Gasteiger partial charge in [0.05, 0.1) is 6.10 Å². The molecule has 2 heteroatoms. The number of halogens is 1. The minimum atomic E-state index is -0.367. The Morgan fingerprint density at radius 2 is 2.00 bits per heavy atom. The van der Waals surface area contributed by atoms with Crippen molar-refractivity contribution < 1.29 is 5.11 Å². The minimum absolute atomic E-state index is 0.367. The average molecular weight is 227 g/mol. The van der Waals surface area contributed by atoms with E-state index in [0.717, 1.165) is 24.0 Å². The minimum Gasteiger partial charge on any atom is -0.388 e. The Labute approximate surface area is 97.1 Å². The molecule has 84 valence electrons. The van der Waals surface area contributed by atoms with Crippen molar-refractivity contribution >= 4 is 11.6 Å². The quantitative estimate of drug-likeness (QED) is 0.744. The third-order valence-corrected chi connectivity index (χ3v) is 2.75. The third-order valence-electron chi connectivity index (χ3n) is 2.53. The molecule has 0 saturated heterocycles. The number of aryl methyl sites for hydroxylation is 1. The fourth-order valence-corrected chi connectivity index (χ4v) is 2.01. The Kier molecular flexibility index (Phi) is 5.13. The summed E-state index contributed by atoms with van der Waals surface area (Å²) in [6.07, 6.45) is 3.89. The lowest BCUT2D eigenvalue weighted by Gasteiger charge is -2.11. The van der Waals surface area contributed by atoms with Crippen molar-refractivity contribution in [2.45, 2.75) is 45.6 Å². The summed E-state index contributed by atoms with van der Waals surface area (Å²) >= 11 is 5.94. The lowest BCUT2D eigenvalue weighted by molar-refractivity contribution is 0.163. The Morgan fingerprint density at radius 1 is 1.27 bits per heavy atom. The first kappa shape index (κ1) is 12.5. The smallest absolute Gasteiger partial charge is 0.0790 e. The van der Waals surface area contributed by atoms with Gasteiger partial charge in [0.25, 0.3) is 0 Å². The van der Waals surface area contributed by atoms with Crippen LogP contribution >= 0.6 is 11.6 Å². The van der Waals surface area contributed by atoms with E-state index in [0.29, 0.717) is 5.02 Å². The van der Waals surface area contributed by atoms with E-state index >= 15 is 0 Å². The van der Waals surface area contributed by atoms with Gasteiger partial charge in [-0.3, -0.25) is 0 Å².